The van der Waals surface area contributed by atoms with Gasteiger partial charge in [-0.05, 0) is 30.3 Å². The summed E-state index contributed by atoms with van der Waals surface area (Å²) < 4.78 is 13.9. The van der Waals surface area contributed by atoms with Gasteiger partial charge in [0.1, 0.15) is 5.82 Å². The van der Waals surface area contributed by atoms with Crippen LogP contribution in [0.1, 0.15) is 10.4 Å². The van der Waals surface area contributed by atoms with Crippen LogP contribution in [-0.4, -0.2) is 30.0 Å². The number of aromatic nitrogens is 2. The second-order valence-corrected chi connectivity index (χ2v) is 5.12. The van der Waals surface area contributed by atoms with Crippen LogP contribution in [-0.2, 0) is 0 Å². The Morgan fingerprint density at radius 1 is 1.23 bits per heavy atom. The molecule has 0 aliphatic rings. The number of imidazole rings is 1. The minimum atomic E-state index is -0.442. The molecule has 0 saturated carbocycles. The molecule has 0 aliphatic heterocycles. The van der Waals surface area contributed by atoms with Crippen molar-refractivity contribution in [1.29, 1.82) is 0 Å². The van der Waals surface area contributed by atoms with Crippen molar-refractivity contribution in [1.82, 2.24) is 9.97 Å². The number of hydrogen-bond acceptors (Lipinski definition) is 3. The summed E-state index contributed by atoms with van der Waals surface area (Å²) >= 11 is 0. The van der Waals surface area contributed by atoms with Gasteiger partial charge in [0.15, 0.2) is 0 Å². The summed E-state index contributed by atoms with van der Waals surface area (Å²) in [6.45, 7) is 0. The van der Waals surface area contributed by atoms with Crippen LogP contribution >= 0.6 is 0 Å². The first-order chi connectivity index (χ1) is 10.5. The van der Waals surface area contributed by atoms with E-state index in [9.17, 15) is 9.18 Å². The van der Waals surface area contributed by atoms with Crippen LogP contribution in [0.15, 0.2) is 42.5 Å². The molecule has 5 nitrogen and oxygen atoms in total. The lowest BCUT2D eigenvalue weighted by molar-refractivity contribution is 0.102. The molecule has 1 aromatic heterocycles. The van der Waals surface area contributed by atoms with Crippen LogP contribution in [0.4, 0.5) is 16.0 Å². The maximum absolute atomic E-state index is 13.9. The lowest BCUT2D eigenvalue weighted by atomic mass is 10.2. The maximum atomic E-state index is 13.9. The van der Waals surface area contributed by atoms with Crippen molar-refractivity contribution in [3.8, 4) is 0 Å². The average Bonchev–Trinajstić information content (AvgIpc) is 2.88. The third kappa shape index (κ3) is 2.63. The number of nitrogens with zero attached hydrogens (tertiary/aromatic N) is 2. The van der Waals surface area contributed by atoms with Crippen molar-refractivity contribution in [2.45, 2.75) is 0 Å². The molecule has 0 saturated heterocycles. The second kappa shape index (κ2) is 5.48. The molecule has 1 heterocycles. The number of rotatable bonds is 3. The number of H-pyrrole nitrogens is 1. The van der Waals surface area contributed by atoms with Crippen molar-refractivity contribution in [2.24, 2.45) is 0 Å². The Labute approximate surface area is 126 Å². The number of benzene rings is 2. The molecule has 0 spiro atoms. The Morgan fingerprint density at radius 2 is 2.00 bits per heavy atom. The fourth-order valence-electron chi connectivity index (χ4n) is 2.20. The van der Waals surface area contributed by atoms with Gasteiger partial charge < -0.3 is 9.88 Å². The number of fused-ring (bicyclic) bond motifs is 1. The highest BCUT2D eigenvalue weighted by Gasteiger charge is 2.12. The highest BCUT2D eigenvalue weighted by molar-refractivity contribution is 6.04. The maximum Gasteiger partial charge on any atom is 0.258 e. The van der Waals surface area contributed by atoms with Gasteiger partial charge in [0.2, 0.25) is 5.95 Å². The van der Waals surface area contributed by atoms with Crippen molar-refractivity contribution in [3.05, 3.63) is 53.8 Å². The molecule has 0 fully saturated rings. The quantitative estimate of drug-likeness (QED) is 0.781. The predicted octanol–water partition coefficient (Wildman–Crippen LogP) is 3.02. The van der Waals surface area contributed by atoms with Crippen LogP contribution in [0, 0.1) is 5.82 Å². The van der Waals surface area contributed by atoms with Crippen molar-refractivity contribution in [3.63, 3.8) is 0 Å². The summed E-state index contributed by atoms with van der Waals surface area (Å²) in [5, 5.41) is 2.64. The molecule has 3 aromatic rings. The van der Waals surface area contributed by atoms with Crippen LogP contribution in [0.25, 0.3) is 11.0 Å². The Balaban J connectivity index is 1.83. The minimum Gasteiger partial charge on any atom is -0.375 e. The fourth-order valence-corrected chi connectivity index (χ4v) is 2.20. The number of para-hydroxylation sites is 2. The van der Waals surface area contributed by atoms with E-state index in [0.717, 1.165) is 11.0 Å². The summed E-state index contributed by atoms with van der Waals surface area (Å²) in [5.41, 5.74) is 2.25. The van der Waals surface area contributed by atoms with E-state index >= 15 is 0 Å². The molecule has 3 rings (SSSR count). The van der Waals surface area contributed by atoms with E-state index in [2.05, 4.69) is 15.3 Å². The first-order valence-electron chi connectivity index (χ1n) is 6.77. The average molecular weight is 298 g/mol. The number of amides is 1. The van der Waals surface area contributed by atoms with Crippen LogP contribution < -0.4 is 10.2 Å². The minimum absolute atomic E-state index is 0.239. The number of anilines is 2. The van der Waals surface area contributed by atoms with E-state index in [1.165, 1.54) is 6.07 Å². The van der Waals surface area contributed by atoms with Gasteiger partial charge >= 0.3 is 0 Å². The van der Waals surface area contributed by atoms with Gasteiger partial charge in [0.05, 0.1) is 16.7 Å². The molecule has 0 aliphatic carbocycles. The Hall–Kier alpha value is -2.89. The van der Waals surface area contributed by atoms with E-state index in [4.69, 9.17) is 0 Å². The molecule has 1 amide bonds. The summed E-state index contributed by atoms with van der Waals surface area (Å²) in [7, 11) is 3.49. The SMILES string of the molecule is CN(C)c1ccc(C(=O)Nc2nc3ccccc3[nH]2)cc1F. The van der Waals surface area contributed by atoms with Gasteiger partial charge in [-0.25, -0.2) is 9.37 Å². The van der Waals surface area contributed by atoms with Gasteiger partial charge in [-0.1, -0.05) is 12.1 Å². The van der Waals surface area contributed by atoms with Crippen LogP contribution in [0.3, 0.4) is 0 Å². The number of hydrogen-bond donors (Lipinski definition) is 2. The first-order valence-corrected chi connectivity index (χ1v) is 6.77. The molecule has 0 bridgehead atoms. The monoisotopic (exact) mass is 298 g/mol. The number of halogens is 1. The molecular weight excluding hydrogens is 283 g/mol. The smallest absolute Gasteiger partial charge is 0.258 e. The van der Waals surface area contributed by atoms with E-state index in [-0.39, 0.29) is 5.56 Å². The van der Waals surface area contributed by atoms with E-state index in [1.54, 1.807) is 31.1 Å². The van der Waals surface area contributed by atoms with Crippen molar-refractivity contribution >= 4 is 28.6 Å². The molecule has 6 heteroatoms. The topological polar surface area (TPSA) is 61.0 Å². The molecular formula is C16H15FN4O. The fraction of sp³-hybridized carbons (Fsp3) is 0.125. The van der Waals surface area contributed by atoms with Crippen molar-refractivity contribution in [2.75, 3.05) is 24.3 Å². The largest absolute Gasteiger partial charge is 0.375 e. The highest BCUT2D eigenvalue weighted by Crippen LogP contribution is 2.19. The molecule has 0 unspecified atom stereocenters. The summed E-state index contributed by atoms with van der Waals surface area (Å²) in [5.74, 6) is -0.520. The normalized spacial score (nSPS) is 10.7. The number of carbonyl (C=O) groups is 1. The van der Waals surface area contributed by atoms with Crippen molar-refractivity contribution < 1.29 is 9.18 Å². The molecule has 0 atom stereocenters. The van der Waals surface area contributed by atoms with Gasteiger partial charge in [0, 0.05) is 19.7 Å². The standard InChI is InChI=1S/C16H15FN4O/c1-21(2)14-8-7-10(9-11(14)17)15(22)20-16-18-12-5-3-4-6-13(12)19-16/h3-9H,1-2H3,(H2,18,19,20,22). The molecule has 112 valence electrons. The zero-order valence-electron chi connectivity index (χ0n) is 12.2. The van der Waals surface area contributed by atoms with Crippen LogP contribution in [0.2, 0.25) is 0 Å². The number of carbonyl (C=O) groups excluding carboxylic acids is 1. The Bertz CT molecular complexity index is 808. The number of nitrogens with one attached hydrogen (secondary N) is 2. The lowest BCUT2D eigenvalue weighted by Crippen LogP contribution is -2.15. The third-order valence-corrected chi connectivity index (χ3v) is 3.31. The molecule has 22 heavy (non-hydrogen) atoms. The molecule has 2 aromatic carbocycles. The van der Waals surface area contributed by atoms with E-state index < -0.39 is 11.7 Å². The van der Waals surface area contributed by atoms with E-state index in [0.29, 0.717) is 11.6 Å². The second-order valence-electron chi connectivity index (χ2n) is 5.12. The van der Waals surface area contributed by atoms with Crippen LogP contribution in [0.5, 0.6) is 0 Å². The summed E-state index contributed by atoms with van der Waals surface area (Å²) in [4.78, 5) is 21.1. The van der Waals surface area contributed by atoms with Gasteiger partial charge in [-0.3, -0.25) is 10.1 Å². The molecule has 2 N–H and O–H groups in total. The van der Waals surface area contributed by atoms with Gasteiger partial charge in [-0.15, -0.1) is 0 Å². The zero-order valence-corrected chi connectivity index (χ0v) is 12.2. The highest BCUT2D eigenvalue weighted by atomic mass is 19.1. The lowest BCUT2D eigenvalue weighted by Gasteiger charge is -2.13. The Kier molecular flexibility index (Phi) is 3.50. The first kappa shape index (κ1) is 14.1. The van der Waals surface area contributed by atoms with E-state index in [1.807, 2.05) is 24.3 Å². The summed E-state index contributed by atoms with van der Waals surface area (Å²) in [6, 6.07) is 11.8. The zero-order chi connectivity index (χ0) is 15.7. The summed E-state index contributed by atoms with van der Waals surface area (Å²) in [6.07, 6.45) is 0. The Morgan fingerprint density at radius 3 is 2.68 bits per heavy atom. The third-order valence-electron chi connectivity index (χ3n) is 3.31. The predicted molar refractivity (Wildman–Crippen MR) is 84.8 cm³/mol. The van der Waals surface area contributed by atoms with Gasteiger partial charge in [0.25, 0.3) is 5.91 Å². The molecule has 0 radical (unpaired) electrons. The van der Waals surface area contributed by atoms with Gasteiger partial charge in [-0.2, -0.15) is 0 Å². The number of aromatic amines is 1.